The molecule has 7 atom stereocenters. The zero-order valence-corrected chi connectivity index (χ0v) is 22.5. The normalized spacial score (nSPS) is 25.6. The van der Waals surface area contributed by atoms with Gasteiger partial charge in [0.25, 0.3) is 11.6 Å². The van der Waals surface area contributed by atoms with Crippen LogP contribution >= 0.6 is 8.30 Å². The maximum atomic E-state index is 12.7. The van der Waals surface area contributed by atoms with E-state index in [1.165, 1.54) is 6.07 Å². The molecule has 7 unspecified atom stereocenters. The van der Waals surface area contributed by atoms with Crippen LogP contribution in [0, 0.1) is 22.7 Å². The summed E-state index contributed by atoms with van der Waals surface area (Å²) in [6.45, 7) is 4.34. The molecule has 2 heterocycles. The number of carbonyl (C=O) groups is 6. The summed E-state index contributed by atoms with van der Waals surface area (Å²) in [5.41, 5.74) is 0. The molecular weight excluding hydrogens is 559 g/mol. The number of nitrogens with one attached hydrogen (secondary N) is 1. The van der Waals surface area contributed by atoms with Crippen LogP contribution in [0.3, 0.4) is 0 Å². The van der Waals surface area contributed by atoms with Gasteiger partial charge in [-0.05, 0) is 13.8 Å². The zero-order chi connectivity index (χ0) is 30.1. The molecule has 2 aliphatic rings. The van der Waals surface area contributed by atoms with E-state index in [1.54, 1.807) is 19.9 Å². The maximum Gasteiger partial charge on any atom is 0.341 e. The molecule has 216 valence electrons. The quantitative estimate of drug-likeness (QED) is 0.0873. The van der Waals surface area contributed by atoms with E-state index >= 15 is 0 Å². The van der Waals surface area contributed by atoms with E-state index in [-0.39, 0.29) is 6.04 Å². The number of ether oxygens (including phenoxy) is 4. The molecule has 1 fully saturated rings. The van der Waals surface area contributed by atoms with Gasteiger partial charge in [0.2, 0.25) is 11.9 Å². The highest BCUT2D eigenvalue weighted by molar-refractivity contribution is 7.52. The Bertz CT molecular complexity index is 1150. The number of aliphatic carboxylic acids is 1. The van der Waals surface area contributed by atoms with E-state index in [4.69, 9.17) is 34.0 Å². The molecule has 1 saturated heterocycles. The number of nitrogens with zero attached hydrogens (tertiary/aromatic N) is 5. The molecule has 2 N–H and O–H groups in total. The van der Waals surface area contributed by atoms with Crippen molar-refractivity contribution >= 4 is 43.7 Å². The number of hydrogen-bond acceptors (Lipinski definition) is 16. The van der Waals surface area contributed by atoms with Crippen LogP contribution in [0.25, 0.3) is 0 Å². The summed E-state index contributed by atoms with van der Waals surface area (Å²) in [4.78, 5) is 72.5. The van der Waals surface area contributed by atoms with E-state index in [9.17, 15) is 33.9 Å². The Morgan fingerprint density at radius 2 is 1.77 bits per heavy atom. The fourth-order valence-corrected chi connectivity index (χ4v) is 4.94. The smallest absolute Gasteiger partial charge is 0.341 e. The lowest BCUT2D eigenvalue weighted by molar-refractivity contribution is -0.175. The van der Waals surface area contributed by atoms with Gasteiger partial charge < -0.3 is 28.6 Å². The Balaban J connectivity index is 2.40. The molecule has 0 radical (unpaired) electrons. The largest absolute Gasteiger partial charge is 0.479 e. The monoisotopic (exact) mass is 584 g/mol. The van der Waals surface area contributed by atoms with Crippen LogP contribution in [0.5, 0.6) is 0 Å². The number of ketones is 2. The van der Waals surface area contributed by atoms with E-state index in [1.807, 2.05) is 0 Å². The van der Waals surface area contributed by atoms with Crippen LogP contribution < -0.4 is 5.09 Å². The predicted molar refractivity (Wildman–Crippen MR) is 125 cm³/mol. The maximum absolute atomic E-state index is 12.7. The Kier molecular flexibility index (Phi) is 11.7. The number of rotatable bonds is 13. The van der Waals surface area contributed by atoms with E-state index < -0.39 is 93.3 Å². The van der Waals surface area contributed by atoms with Crippen molar-refractivity contribution in [3.63, 3.8) is 0 Å². The van der Waals surface area contributed by atoms with Crippen molar-refractivity contribution in [2.45, 2.75) is 70.2 Å². The standard InChI is InChI=1S/C21H25N6O12P/c1-9(2)25-40(36-6-5-22)21(20(33)34)35-8-13-16(37-10(3)28)17(38-11(4)29)19(39-13)27-18(32)15(31)14(24-26-27)12(30)7-23/h9,13-14,16-17,19,21,25H,6,8H2,1-4H3,(H,33,34). The van der Waals surface area contributed by atoms with E-state index in [0.29, 0.717) is 5.01 Å². The molecule has 18 nitrogen and oxygen atoms in total. The molecule has 0 spiro atoms. The minimum atomic E-state index is -2.08. The first kappa shape index (κ1) is 32.3. The second-order valence-corrected chi connectivity index (χ2v) is 10.0. The fraction of sp³-hybridized carbons (Fsp3) is 0.619. The van der Waals surface area contributed by atoms with Crippen LogP contribution in [0.2, 0.25) is 0 Å². The van der Waals surface area contributed by atoms with Gasteiger partial charge in [-0.3, -0.25) is 29.1 Å². The average Bonchev–Trinajstić information content (AvgIpc) is 3.18. The van der Waals surface area contributed by atoms with Crippen LogP contribution in [-0.2, 0) is 52.2 Å². The van der Waals surface area contributed by atoms with Gasteiger partial charge in [-0.25, -0.2) is 4.79 Å². The van der Waals surface area contributed by atoms with Crippen molar-refractivity contribution in [2.24, 2.45) is 10.3 Å². The number of amides is 1. The van der Waals surface area contributed by atoms with Crippen molar-refractivity contribution in [3.05, 3.63) is 0 Å². The number of carbonyl (C=O) groups excluding carboxylic acids is 5. The van der Waals surface area contributed by atoms with Gasteiger partial charge in [-0.1, -0.05) is 5.22 Å². The third-order valence-corrected chi connectivity index (χ3v) is 6.89. The summed E-state index contributed by atoms with van der Waals surface area (Å²) in [7, 11) is -2.08. The van der Waals surface area contributed by atoms with E-state index in [0.717, 1.165) is 13.8 Å². The molecule has 0 aliphatic carbocycles. The zero-order valence-electron chi connectivity index (χ0n) is 21.6. The van der Waals surface area contributed by atoms with Crippen molar-refractivity contribution < 1.29 is 57.3 Å². The summed E-state index contributed by atoms with van der Waals surface area (Å²) in [5.74, 6) is -9.11. The molecule has 0 saturated carbocycles. The molecule has 40 heavy (non-hydrogen) atoms. The van der Waals surface area contributed by atoms with Crippen molar-refractivity contribution in [1.82, 2.24) is 10.1 Å². The van der Waals surface area contributed by atoms with Gasteiger partial charge >= 0.3 is 23.8 Å². The SMILES string of the molecule is CC(=O)OC1C(COC(C(=O)O)P(NC(C)C)OCC#N)OC(N2N=NC(C(=O)C#N)C(=O)C2=O)C1OC(C)=O. The highest BCUT2D eigenvalue weighted by Crippen LogP contribution is 2.40. The Morgan fingerprint density at radius 1 is 1.15 bits per heavy atom. The number of esters is 2. The molecule has 1 amide bonds. The van der Waals surface area contributed by atoms with Crippen molar-refractivity contribution in [1.29, 1.82) is 10.5 Å². The lowest BCUT2D eigenvalue weighted by atomic mass is 10.1. The molecule has 19 heteroatoms. The summed E-state index contributed by atoms with van der Waals surface area (Å²) in [6, 6.07) is 0.636. The Hall–Kier alpha value is -3.93. The molecule has 0 aromatic carbocycles. The highest BCUT2D eigenvalue weighted by Gasteiger charge is 2.55. The average molecular weight is 584 g/mol. The number of carboxylic acid groups (broad SMARTS) is 1. The molecule has 0 aromatic heterocycles. The van der Waals surface area contributed by atoms with Crippen LogP contribution in [0.1, 0.15) is 27.7 Å². The lowest BCUT2D eigenvalue weighted by Crippen LogP contribution is -2.53. The van der Waals surface area contributed by atoms with E-state index in [2.05, 4.69) is 15.4 Å². The van der Waals surface area contributed by atoms with Gasteiger partial charge in [-0.2, -0.15) is 15.5 Å². The second-order valence-electron chi connectivity index (χ2n) is 8.38. The number of carboxylic acids is 1. The molecular formula is C21H25N6O12P. The van der Waals surface area contributed by atoms with Crippen LogP contribution in [0.4, 0.5) is 0 Å². The predicted octanol–water partition coefficient (Wildman–Crippen LogP) is -0.908. The van der Waals surface area contributed by atoms with Crippen LogP contribution in [0.15, 0.2) is 10.3 Å². The Morgan fingerprint density at radius 3 is 2.30 bits per heavy atom. The number of nitriles is 2. The molecule has 0 aromatic rings. The highest BCUT2D eigenvalue weighted by atomic mass is 31.2. The summed E-state index contributed by atoms with van der Waals surface area (Å²) in [6.07, 6.45) is -6.25. The number of Topliss-reactive ketones (excluding diaryl/α,β-unsaturated/α-hetero) is 2. The minimum Gasteiger partial charge on any atom is -0.479 e. The third kappa shape index (κ3) is 8.04. The first-order chi connectivity index (χ1) is 18.8. The first-order valence-electron chi connectivity index (χ1n) is 11.4. The minimum absolute atomic E-state index is 0.269. The summed E-state index contributed by atoms with van der Waals surface area (Å²) >= 11 is 0. The summed E-state index contributed by atoms with van der Waals surface area (Å²) in [5, 5.41) is 37.4. The van der Waals surface area contributed by atoms with Crippen molar-refractivity contribution in [3.8, 4) is 12.1 Å². The van der Waals surface area contributed by atoms with Gasteiger partial charge in [0.15, 0.2) is 18.4 Å². The Labute approximate surface area is 228 Å². The number of hydrogen-bond donors (Lipinski definition) is 2. The summed E-state index contributed by atoms with van der Waals surface area (Å²) < 4.78 is 27.0. The van der Waals surface area contributed by atoms with Gasteiger partial charge in [0.05, 0.1) is 12.7 Å². The van der Waals surface area contributed by atoms with Gasteiger partial charge in [0, 0.05) is 19.9 Å². The first-order valence-corrected chi connectivity index (χ1v) is 12.8. The fourth-order valence-electron chi connectivity index (χ4n) is 3.47. The lowest BCUT2D eigenvalue weighted by Gasteiger charge is -2.29. The van der Waals surface area contributed by atoms with Gasteiger partial charge in [-0.15, -0.1) is 5.11 Å². The molecule has 2 aliphatic heterocycles. The van der Waals surface area contributed by atoms with Gasteiger partial charge in [0.1, 0.15) is 27.1 Å². The van der Waals surface area contributed by atoms with Crippen LogP contribution in [-0.4, -0.2) is 101 Å². The van der Waals surface area contributed by atoms with Crippen molar-refractivity contribution in [2.75, 3.05) is 13.2 Å². The second kappa shape index (κ2) is 14.5. The third-order valence-electron chi connectivity index (χ3n) is 4.92. The topological polar surface area (TPSA) is 256 Å². The molecule has 2 rings (SSSR count). The molecule has 0 bridgehead atoms.